The van der Waals surface area contributed by atoms with Gasteiger partial charge >= 0.3 is 6.09 Å². The standard InChI is InChI=1S/C14H18N2O3/c1-14(2,3)19-13(18)16-15-12(17)10-9-11-7-5-4-6-8-11/h4-10H,1-3H3,(H,15,17)(H,16,18)/b10-9+. The van der Waals surface area contributed by atoms with Crippen molar-refractivity contribution in [2.45, 2.75) is 26.4 Å². The molecule has 1 aromatic carbocycles. The van der Waals surface area contributed by atoms with E-state index >= 15 is 0 Å². The number of carbonyl (C=O) groups is 2. The minimum atomic E-state index is -0.700. The molecule has 5 heteroatoms. The predicted molar refractivity (Wildman–Crippen MR) is 73.0 cm³/mol. The molecule has 102 valence electrons. The maximum Gasteiger partial charge on any atom is 0.426 e. The summed E-state index contributed by atoms with van der Waals surface area (Å²) in [5.41, 5.74) is 4.68. The molecule has 0 aliphatic rings. The number of amides is 2. The zero-order valence-corrected chi connectivity index (χ0v) is 11.3. The third-order valence-electron chi connectivity index (χ3n) is 1.91. The summed E-state index contributed by atoms with van der Waals surface area (Å²) in [6.45, 7) is 5.22. The van der Waals surface area contributed by atoms with Crippen LogP contribution in [0, 0.1) is 0 Å². The molecule has 0 saturated carbocycles. The molecular weight excluding hydrogens is 244 g/mol. The number of hydrazine groups is 1. The van der Waals surface area contributed by atoms with Crippen LogP contribution in [0.2, 0.25) is 0 Å². The smallest absolute Gasteiger partial charge is 0.426 e. The minimum absolute atomic E-state index is 0.435. The van der Waals surface area contributed by atoms with Gasteiger partial charge in [-0.2, -0.15) is 0 Å². The lowest BCUT2D eigenvalue weighted by atomic mass is 10.2. The van der Waals surface area contributed by atoms with E-state index in [-0.39, 0.29) is 0 Å². The molecule has 0 bridgehead atoms. The van der Waals surface area contributed by atoms with Crippen LogP contribution >= 0.6 is 0 Å². The van der Waals surface area contributed by atoms with Crippen molar-refractivity contribution in [3.05, 3.63) is 42.0 Å². The van der Waals surface area contributed by atoms with Gasteiger partial charge in [-0.05, 0) is 32.4 Å². The van der Waals surface area contributed by atoms with E-state index in [9.17, 15) is 9.59 Å². The van der Waals surface area contributed by atoms with Crippen LogP contribution < -0.4 is 10.9 Å². The number of carbonyl (C=O) groups excluding carboxylic acids is 2. The molecule has 1 rings (SSSR count). The Labute approximate surface area is 112 Å². The lowest BCUT2D eigenvalue weighted by molar-refractivity contribution is -0.117. The zero-order chi connectivity index (χ0) is 14.3. The molecule has 5 nitrogen and oxygen atoms in total. The van der Waals surface area contributed by atoms with E-state index in [1.165, 1.54) is 6.08 Å². The van der Waals surface area contributed by atoms with Crippen molar-refractivity contribution in [3.63, 3.8) is 0 Å². The van der Waals surface area contributed by atoms with Crippen molar-refractivity contribution in [2.24, 2.45) is 0 Å². The quantitative estimate of drug-likeness (QED) is 0.634. The third-order valence-corrected chi connectivity index (χ3v) is 1.91. The predicted octanol–water partition coefficient (Wildman–Crippen LogP) is 2.26. The maximum absolute atomic E-state index is 11.4. The van der Waals surface area contributed by atoms with E-state index in [0.29, 0.717) is 0 Å². The molecule has 1 aromatic rings. The Morgan fingerprint density at radius 3 is 2.32 bits per heavy atom. The lowest BCUT2D eigenvalue weighted by Crippen LogP contribution is -2.43. The van der Waals surface area contributed by atoms with Crippen molar-refractivity contribution in [1.29, 1.82) is 0 Å². The van der Waals surface area contributed by atoms with E-state index in [0.717, 1.165) is 5.56 Å². The first-order valence-electron chi connectivity index (χ1n) is 5.89. The van der Waals surface area contributed by atoms with Crippen molar-refractivity contribution in [2.75, 3.05) is 0 Å². The molecule has 0 aromatic heterocycles. The van der Waals surface area contributed by atoms with E-state index in [1.807, 2.05) is 30.3 Å². The molecule has 0 saturated heterocycles. The second-order valence-corrected chi connectivity index (χ2v) is 4.86. The molecule has 0 unspecified atom stereocenters. The molecule has 0 spiro atoms. The van der Waals surface area contributed by atoms with Gasteiger partial charge in [0, 0.05) is 6.08 Å². The summed E-state index contributed by atoms with van der Waals surface area (Å²) in [6, 6.07) is 9.37. The molecule has 0 heterocycles. The van der Waals surface area contributed by atoms with Gasteiger partial charge in [0.1, 0.15) is 5.60 Å². The number of rotatable bonds is 2. The number of benzene rings is 1. The van der Waals surface area contributed by atoms with E-state index in [4.69, 9.17) is 4.74 Å². The number of ether oxygens (including phenoxy) is 1. The monoisotopic (exact) mass is 262 g/mol. The summed E-state index contributed by atoms with van der Waals surface area (Å²) in [6.07, 6.45) is 2.27. The highest BCUT2D eigenvalue weighted by Crippen LogP contribution is 2.05. The Morgan fingerprint density at radius 2 is 1.74 bits per heavy atom. The Kier molecular flexibility index (Phi) is 5.11. The Balaban J connectivity index is 2.36. The largest absolute Gasteiger partial charge is 0.443 e. The summed E-state index contributed by atoms with van der Waals surface area (Å²) in [7, 11) is 0. The van der Waals surface area contributed by atoms with Crippen molar-refractivity contribution in [1.82, 2.24) is 10.9 Å². The first kappa shape index (κ1) is 14.8. The average molecular weight is 262 g/mol. The van der Waals surface area contributed by atoms with Gasteiger partial charge < -0.3 is 4.74 Å². The maximum atomic E-state index is 11.4. The van der Waals surface area contributed by atoms with Crippen molar-refractivity contribution >= 4 is 18.1 Å². The van der Waals surface area contributed by atoms with E-state index < -0.39 is 17.6 Å². The molecule has 0 aliphatic carbocycles. The Morgan fingerprint density at radius 1 is 1.11 bits per heavy atom. The first-order chi connectivity index (χ1) is 8.87. The van der Waals surface area contributed by atoms with Gasteiger partial charge in [0.15, 0.2) is 0 Å². The summed E-state index contributed by atoms with van der Waals surface area (Å²) in [5.74, 6) is -0.435. The first-order valence-corrected chi connectivity index (χ1v) is 5.89. The Hall–Kier alpha value is -2.30. The summed E-state index contributed by atoms with van der Waals surface area (Å²) in [4.78, 5) is 22.7. The number of nitrogens with one attached hydrogen (secondary N) is 2. The highest BCUT2D eigenvalue weighted by Gasteiger charge is 2.15. The molecular formula is C14H18N2O3. The average Bonchev–Trinajstić information content (AvgIpc) is 2.33. The molecule has 2 amide bonds. The molecule has 19 heavy (non-hydrogen) atoms. The van der Waals surface area contributed by atoms with Crippen LogP contribution in [-0.2, 0) is 9.53 Å². The van der Waals surface area contributed by atoms with E-state index in [2.05, 4.69) is 10.9 Å². The number of hydrogen-bond acceptors (Lipinski definition) is 3. The van der Waals surface area contributed by atoms with Crippen LogP contribution in [0.3, 0.4) is 0 Å². The fraction of sp³-hybridized carbons (Fsp3) is 0.286. The number of hydrogen-bond donors (Lipinski definition) is 2. The van der Waals surface area contributed by atoms with Crippen molar-refractivity contribution in [3.8, 4) is 0 Å². The lowest BCUT2D eigenvalue weighted by Gasteiger charge is -2.19. The fourth-order valence-electron chi connectivity index (χ4n) is 1.19. The van der Waals surface area contributed by atoms with Gasteiger partial charge in [-0.3, -0.25) is 10.2 Å². The van der Waals surface area contributed by atoms with Gasteiger partial charge in [0.25, 0.3) is 5.91 Å². The normalized spacial score (nSPS) is 11.1. The summed E-state index contributed by atoms with van der Waals surface area (Å²) in [5, 5.41) is 0. The molecule has 0 fully saturated rings. The Bertz CT molecular complexity index is 461. The second-order valence-electron chi connectivity index (χ2n) is 4.86. The van der Waals surface area contributed by atoms with Crippen LogP contribution in [-0.4, -0.2) is 17.6 Å². The van der Waals surface area contributed by atoms with Crippen LogP contribution in [0.25, 0.3) is 6.08 Å². The molecule has 0 aliphatic heterocycles. The topological polar surface area (TPSA) is 67.4 Å². The van der Waals surface area contributed by atoms with Gasteiger partial charge in [0.2, 0.25) is 0 Å². The zero-order valence-electron chi connectivity index (χ0n) is 11.3. The molecule has 0 radical (unpaired) electrons. The van der Waals surface area contributed by atoms with Crippen LogP contribution in [0.15, 0.2) is 36.4 Å². The van der Waals surface area contributed by atoms with Crippen LogP contribution in [0.4, 0.5) is 4.79 Å². The highest BCUT2D eigenvalue weighted by atomic mass is 16.6. The minimum Gasteiger partial charge on any atom is -0.443 e. The van der Waals surface area contributed by atoms with Crippen LogP contribution in [0.5, 0.6) is 0 Å². The molecule has 0 atom stereocenters. The second kappa shape index (κ2) is 6.58. The van der Waals surface area contributed by atoms with Gasteiger partial charge in [-0.15, -0.1) is 0 Å². The fourth-order valence-corrected chi connectivity index (χ4v) is 1.19. The SMILES string of the molecule is CC(C)(C)OC(=O)NNC(=O)/C=C/c1ccccc1. The summed E-state index contributed by atoms with van der Waals surface area (Å²) >= 11 is 0. The van der Waals surface area contributed by atoms with Gasteiger partial charge in [-0.25, -0.2) is 10.2 Å². The highest BCUT2D eigenvalue weighted by molar-refractivity contribution is 5.92. The van der Waals surface area contributed by atoms with Gasteiger partial charge in [-0.1, -0.05) is 30.3 Å². The van der Waals surface area contributed by atoms with Crippen molar-refractivity contribution < 1.29 is 14.3 Å². The summed E-state index contributed by atoms with van der Waals surface area (Å²) < 4.78 is 4.96. The van der Waals surface area contributed by atoms with Crippen LogP contribution in [0.1, 0.15) is 26.3 Å². The van der Waals surface area contributed by atoms with Gasteiger partial charge in [0.05, 0.1) is 0 Å². The van der Waals surface area contributed by atoms with E-state index in [1.54, 1.807) is 26.8 Å². The third kappa shape index (κ3) is 6.88. The molecule has 2 N–H and O–H groups in total.